The van der Waals surface area contributed by atoms with Gasteiger partial charge in [-0.1, -0.05) is 0 Å². The Labute approximate surface area is 97.0 Å². The van der Waals surface area contributed by atoms with Crippen molar-refractivity contribution in [3.8, 4) is 0 Å². The van der Waals surface area contributed by atoms with Crippen molar-refractivity contribution >= 4 is 0 Å². The number of nitrogens with zero attached hydrogens (tertiary/aromatic N) is 2. The Hall–Kier alpha value is -0.870. The number of rotatable bonds is 4. The first-order valence-electron chi connectivity index (χ1n) is 6.04. The Morgan fingerprint density at radius 3 is 3.00 bits per heavy atom. The van der Waals surface area contributed by atoms with Crippen LogP contribution < -0.4 is 5.32 Å². The molecular formula is C12H21N3O. The van der Waals surface area contributed by atoms with E-state index in [2.05, 4.69) is 21.8 Å². The highest BCUT2D eigenvalue weighted by molar-refractivity contribution is 5.09. The van der Waals surface area contributed by atoms with Gasteiger partial charge in [-0.3, -0.25) is 0 Å². The van der Waals surface area contributed by atoms with Gasteiger partial charge < -0.3 is 14.6 Å². The van der Waals surface area contributed by atoms with Crippen LogP contribution in [-0.4, -0.2) is 36.4 Å². The molecule has 0 saturated carbocycles. The Morgan fingerprint density at radius 1 is 1.56 bits per heavy atom. The van der Waals surface area contributed by atoms with Gasteiger partial charge in [-0.15, -0.1) is 0 Å². The Balaban J connectivity index is 2.11. The van der Waals surface area contributed by atoms with Gasteiger partial charge in [0.1, 0.15) is 0 Å². The van der Waals surface area contributed by atoms with Gasteiger partial charge in [-0.2, -0.15) is 0 Å². The summed E-state index contributed by atoms with van der Waals surface area (Å²) < 4.78 is 7.47. The van der Waals surface area contributed by atoms with Crippen LogP contribution >= 0.6 is 0 Å². The van der Waals surface area contributed by atoms with E-state index < -0.39 is 0 Å². The molecule has 1 aromatic rings. The van der Waals surface area contributed by atoms with Crippen molar-refractivity contribution in [2.45, 2.75) is 31.7 Å². The smallest absolute Gasteiger partial charge is 0.0951 e. The van der Waals surface area contributed by atoms with Crippen molar-refractivity contribution in [3.05, 3.63) is 18.2 Å². The van der Waals surface area contributed by atoms with Crippen LogP contribution in [0, 0.1) is 0 Å². The fourth-order valence-electron chi connectivity index (χ4n) is 2.44. The van der Waals surface area contributed by atoms with Crippen molar-refractivity contribution in [1.29, 1.82) is 0 Å². The molecule has 0 aromatic carbocycles. The average molecular weight is 223 g/mol. The Kier molecular flexibility index (Phi) is 3.96. The fraction of sp³-hybridized carbons (Fsp3) is 0.750. The van der Waals surface area contributed by atoms with E-state index in [1.54, 1.807) is 7.11 Å². The highest BCUT2D eigenvalue weighted by Gasteiger charge is 2.20. The van der Waals surface area contributed by atoms with Crippen LogP contribution in [0.3, 0.4) is 0 Å². The third kappa shape index (κ3) is 2.44. The van der Waals surface area contributed by atoms with Crippen molar-refractivity contribution in [3.63, 3.8) is 0 Å². The van der Waals surface area contributed by atoms with E-state index in [1.807, 2.05) is 12.5 Å². The van der Waals surface area contributed by atoms with E-state index >= 15 is 0 Å². The van der Waals surface area contributed by atoms with E-state index in [1.165, 1.54) is 18.5 Å². The molecule has 4 heteroatoms. The van der Waals surface area contributed by atoms with Crippen molar-refractivity contribution in [1.82, 2.24) is 14.9 Å². The van der Waals surface area contributed by atoms with Gasteiger partial charge in [-0.05, 0) is 32.9 Å². The van der Waals surface area contributed by atoms with Crippen LogP contribution in [0.1, 0.15) is 37.4 Å². The molecule has 0 aliphatic carbocycles. The van der Waals surface area contributed by atoms with E-state index in [4.69, 9.17) is 4.74 Å². The molecule has 0 amide bonds. The number of hydrogen-bond acceptors (Lipinski definition) is 3. The molecule has 2 rings (SSSR count). The third-order valence-electron chi connectivity index (χ3n) is 3.34. The van der Waals surface area contributed by atoms with Crippen LogP contribution in [-0.2, 0) is 4.74 Å². The summed E-state index contributed by atoms with van der Waals surface area (Å²) in [6.45, 7) is 5.16. The first kappa shape index (κ1) is 11.6. The van der Waals surface area contributed by atoms with Gasteiger partial charge in [0.2, 0.25) is 0 Å². The van der Waals surface area contributed by atoms with E-state index in [-0.39, 0.29) is 0 Å². The van der Waals surface area contributed by atoms with E-state index in [9.17, 15) is 0 Å². The Morgan fingerprint density at radius 2 is 2.31 bits per heavy atom. The second-order valence-corrected chi connectivity index (χ2v) is 4.55. The maximum absolute atomic E-state index is 5.21. The zero-order chi connectivity index (χ0) is 11.4. The minimum Gasteiger partial charge on any atom is -0.383 e. The van der Waals surface area contributed by atoms with E-state index in [0.717, 1.165) is 19.7 Å². The molecule has 0 radical (unpaired) electrons. The highest BCUT2D eigenvalue weighted by Crippen LogP contribution is 2.26. The van der Waals surface area contributed by atoms with Gasteiger partial charge in [0, 0.05) is 24.9 Å². The predicted molar refractivity (Wildman–Crippen MR) is 63.7 cm³/mol. The molecular weight excluding hydrogens is 202 g/mol. The van der Waals surface area contributed by atoms with Crippen LogP contribution in [0.15, 0.2) is 12.5 Å². The minimum atomic E-state index is 0.373. The minimum absolute atomic E-state index is 0.373. The van der Waals surface area contributed by atoms with Crippen molar-refractivity contribution in [2.75, 3.05) is 26.8 Å². The zero-order valence-corrected chi connectivity index (χ0v) is 10.1. The first-order valence-corrected chi connectivity index (χ1v) is 6.04. The summed E-state index contributed by atoms with van der Waals surface area (Å²) >= 11 is 0. The molecule has 0 bridgehead atoms. The normalized spacial score (nSPS) is 19.9. The molecule has 1 atom stereocenters. The van der Waals surface area contributed by atoms with Crippen molar-refractivity contribution in [2.24, 2.45) is 0 Å². The topological polar surface area (TPSA) is 39.1 Å². The fourth-order valence-corrected chi connectivity index (χ4v) is 2.44. The van der Waals surface area contributed by atoms with Crippen LogP contribution in [0.5, 0.6) is 0 Å². The third-order valence-corrected chi connectivity index (χ3v) is 3.34. The number of piperidine rings is 1. The molecule has 4 nitrogen and oxygen atoms in total. The number of aromatic nitrogens is 2. The standard InChI is InChI=1S/C12H21N3O/c1-10(8-16-2)15-9-14-7-12(15)11-3-5-13-6-4-11/h7,9-11,13H,3-6,8H2,1-2H3. The Bertz CT molecular complexity index is 318. The lowest BCUT2D eigenvalue weighted by Crippen LogP contribution is -2.28. The largest absolute Gasteiger partial charge is 0.383 e. The molecule has 1 aliphatic heterocycles. The van der Waals surface area contributed by atoms with Crippen LogP contribution in [0.2, 0.25) is 0 Å². The van der Waals surface area contributed by atoms with Gasteiger partial charge in [-0.25, -0.2) is 4.98 Å². The first-order chi connectivity index (χ1) is 7.83. The molecule has 1 N–H and O–H groups in total. The van der Waals surface area contributed by atoms with Crippen LogP contribution in [0.4, 0.5) is 0 Å². The number of ether oxygens (including phenoxy) is 1. The van der Waals surface area contributed by atoms with Gasteiger partial charge >= 0.3 is 0 Å². The van der Waals surface area contributed by atoms with E-state index in [0.29, 0.717) is 12.0 Å². The second kappa shape index (κ2) is 5.46. The van der Waals surface area contributed by atoms with Gasteiger partial charge in [0.25, 0.3) is 0 Å². The monoisotopic (exact) mass is 223 g/mol. The average Bonchev–Trinajstić information content (AvgIpc) is 2.79. The summed E-state index contributed by atoms with van der Waals surface area (Å²) in [5, 5.41) is 3.40. The number of nitrogens with one attached hydrogen (secondary N) is 1. The lowest BCUT2D eigenvalue weighted by molar-refractivity contribution is 0.160. The SMILES string of the molecule is COCC(C)n1cncc1C1CCNCC1. The zero-order valence-electron chi connectivity index (χ0n) is 10.1. The predicted octanol–water partition coefficient (Wildman–Crippen LogP) is 1.56. The molecule has 0 spiro atoms. The summed E-state index contributed by atoms with van der Waals surface area (Å²) in [6.07, 6.45) is 6.37. The summed E-state index contributed by atoms with van der Waals surface area (Å²) in [4.78, 5) is 4.29. The summed E-state index contributed by atoms with van der Waals surface area (Å²) in [6, 6.07) is 0.373. The molecule has 1 saturated heterocycles. The lowest BCUT2D eigenvalue weighted by Gasteiger charge is -2.25. The molecule has 1 aromatic heterocycles. The van der Waals surface area contributed by atoms with Gasteiger partial charge in [0.05, 0.1) is 19.0 Å². The number of imidazole rings is 1. The quantitative estimate of drug-likeness (QED) is 0.842. The molecule has 90 valence electrons. The number of hydrogen-bond donors (Lipinski definition) is 1. The molecule has 16 heavy (non-hydrogen) atoms. The molecule has 1 aliphatic rings. The molecule has 1 unspecified atom stereocenters. The van der Waals surface area contributed by atoms with Crippen molar-refractivity contribution < 1.29 is 4.74 Å². The maximum atomic E-state index is 5.21. The number of methoxy groups -OCH3 is 1. The lowest BCUT2D eigenvalue weighted by atomic mass is 9.94. The van der Waals surface area contributed by atoms with Gasteiger partial charge in [0.15, 0.2) is 0 Å². The van der Waals surface area contributed by atoms with Crippen LogP contribution in [0.25, 0.3) is 0 Å². The second-order valence-electron chi connectivity index (χ2n) is 4.55. The summed E-state index contributed by atoms with van der Waals surface area (Å²) in [5.74, 6) is 0.656. The summed E-state index contributed by atoms with van der Waals surface area (Å²) in [7, 11) is 1.75. The maximum Gasteiger partial charge on any atom is 0.0951 e. The summed E-state index contributed by atoms with van der Waals surface area (Å²) in [5.41, 5.74) is 1.37. The molecule has 1 fully saturated rings. The molecule has 2 heterocycles. The highest BCUT2D eigenvalue weighted by atomic mass is 16.5.